The lowest BCUT2D eigenvalue weighted by molar-refractivity contribution is -0.107. The van der Waals surface area contributed by atoms with Crippen LogP contribution in [-0.4, -0.2) is 50.3 Å². The molecule has 0 aromatic heterocycles. The van der Waals surface area contributed by atoms with Crippen LogP contribution in [0.25, 0.3) is 0 Å². The van der Waals surface area contributed by atoms with Gasteiger partial charge >= 0.3 is 0 Å². The topological polar surface area (TPSA) is 55.8 Å². The van der Waals surface area contributed by atoms with Crippen molar-refractivity contribution in [2.45, 2.75) is 26.7 Å². The van der Waals surface area contributed by atoms with Gasteiger partial charge in [0, 0.05) is 32.1 Å². The largest absolute Gasteiger partial charge is 0.400 e. The fourth-order valence-corrected chi connectivity index (χ4v) is 1.37. The number of alkyl halides is 1. The molecule has 1 N–H and O–H groups in total. The molecule has 0 rings (SSSR count). The highest BCUT2D eigenvalue weighted by Gasteiger charge is 2.01. The van der Waals surface area contributed by atoms with E-state index in [1.807, 2.05) is 13.8 Å². The molecule has 0 saturated heterocycles. The second-order valence-electron chi connectivity index (χ2n) is 3.63. The Morgan fingerprint density at radius 1 is 1.30 bits per heavy atom. The van der Waals surface area contributed by atoms with E-state index < -0.39 is 5.83 Å². The maximum absolute atomic E-state index is 13.3. The number of ether oxygens (including phenoxy) is 2. The molecule has 4 nitrogen and oxygen atoms in total. The monoisotopic (exact) mass is 394 g/mol. The minimum Gasteiger partial charge on any atom is -0.400 e. The fraction of sp³-hybridized carbons (Fsp3) is 0.588. The molecular weight excluding hydrogens is 367 g/mol. The lowest BCUT2D eigenvalue weighted by Gasteiger charge is -1.99. The highest BCUT2D eigenvalue weighted by Crippen LogP contribution is 2.14. The number of halogens is 2. The number of carbonyl (C=O) groups excluding carboxylic acids is 1. The van der Waals surface area contributed by atoms with E-state index >= 15 is 0 Å². The standard InChI is InChI=1S/C12H15FO2.C4H9BrO.CH4O/c1-3-6-12(13)11(8-9-14)7-5-10-15-4-2;1-2-6-4-3-5;1-2/h1,5,7,9H,4,6,8,10H2,2H3;2-4H2,1H3;2H,1H3/b7-5-,12-11-;;. The van der Waals surface area contributed by atoms with Crippen molar-refractivity contribution in [2.75, 3.05) is 38.9 Å². The normalized spacial score (nSPS) is 10.7. The van der Waals surface area contributed by atoms with Crippen LogP contribution >= 0.6 is 15.9 Å². The molecule has 0 aliphatic heterocycles. The molecule has 0 heterocycles. The van der Waals surface area contributed by atoms with Crippen molar-refractivity contribution in [2.24, 2.45) is 0 Å². The summed E-state index contributed by atoms with van der Waals surface area (Å²) in [5.74, 6) is 1.76. The van der Waals surface area contributed by atoms with E-state index in [0.717, 1.165) is 25.7 Å². The zero-order valence-electron chi connectivity index (χ0n) is 14.2. The Bertz CT molecular complexity index is 345. The van der Waals surface area contributed by atoms with Crippen molar-refractivity contribution >= 4 is 22.2 Å². The quantitative estimate of drug-likeness (QED) is 0.202. The number of carbonyl (C=O) groups is 1. The molecule has 6 heteroatoms. The van der Waals surface area contributed by atoms with Crippen LogP contribution in [-0.2, 0) is 14.3 Å². The molecule has 0 unspecified atom stereocenters. The van der Waals surface area contributed by atoms with Gasteiger partial charge in [-0.15, -0.1) is 6.42 Å². The van der Waals surface area contributed by atoms with Gasteiger partial charge in [0.25, 0.3) is 0 Å². The van der Waals surface area contributed by atoms with Gasteiger partial charge in [-0.3, -0.25) is 0 Å². The maximum atomic E-state index is 13.3. The Morgan fingerprint density at radius 3 is 2.30 bits per heavy atom. The van der Waals surface area contributed by atoms with Crippen molar-refractivity contribution in [1.29, 1.82) is 0 Å². The van der Waals surface area contributed by atoms with Gasteiger partial charge in [0.2, 0.25) is 0 Å². The van der Waals surface area contributed by atoms with Crippen LogP contribution in [0.3, 0.4) is 0 Å². The number of terminal acetylenes is 1. The minimum absolute atomic E-state index is 0.0378. The van der Waals surface area contributed by atoms with E-state index in [2.05, 4.69) is 21.9 Å². The van der Waals surface area contributed by atoms with Crippen LogP contribution < -0.4 is 0 Å². The maximum Gasteiger partial charge on any atom is 0.124 e. The average molecular weight is 395 g/mol. The SMILES string of the molecule is C#CC/C(F)=C(\C=C/COCC)CC=O.CCOCCBr.CO. The number of rotatable bonds is 10. The van der Waals surface area contributed by atoms with Gasteiger partial charge < -0.3 is 19.4 Å². The zero-order chi connectivity index (χ0) is 18.3. The summed E-state index contributed by atoms with van der Waals surface area (Å²) in [6.07, 6.45) is 8.79. The molecule has 0 fully saturated rings. The summed E-state index contributed by atoms with van der Waals surface area (Å²) in [5.41, 5.74) is 0.322. The van der Waals surface area contributed by atoms with E-state index in [0.29, 0.717) is 25.1 Å². The first-order chi connectivity index (χ1) is 11.2. The predicted octanol–water partition coefficient (Wildman–Crippen LogP) is 3.44. The Kier molecular flexibility index (Phi) is 30.3. The van der Waals surface area contributed by atoms with Crippen molar-refractivity contribution in [3.05, 3.63) is 23.6 Å². The highest BCUT2D eigenvalue weighted by molar-refractivity contribution is 9.09. The van der Waals surface area contributed by atoms with Gasteiger partial charge in [0.1, 0.15) is 12.1 Å². The summed E-state index contributed by atoms with van der Waals surface area (Å²) >= 11 is 3.23. The number of allylic oxidation sites excluding steroid dienone is 3. The van der Waals surface area contributed by atoms with Crippen LogP contribution in [0.15, 0.2) is 23.6 Å². The third kappa shape index (κ3) is 23.4. The van der Waals surface area contributed by atoms with E-state index in [-0.39, 0.29) is 12.8 Å². The van der Waals surface area contributed by atoms with Gasteiger partial charge in [-0.25, -0.2) is 4.39 Å². The molecule has 0 atom stereocenters. The number of aliphatic hydroxyl groups is 1. The summed E-state index contributed by atoms with van der Waals surface area (Å²) in [4.78, 5) is 10.3. The van der Waals surface area contributed by atoms with Gasteiger partial charge in [-0.05, 0) is 19.4 Å². The highest BCUT2D eigenvalue weighted by atomic mass is 79.9. The van der Waals surface area contributed by atoms with Crippen LogP contribution in [0.2, 0.25) is 0 Å². The van der Waals surface area contributed by atoms with Crippen molar-refractivity contribution in [3.8, 4) is 12.3 Å². The molecule has 0 aromatic carbocycles. The van der Waals surface area contributed by atoms with Crippen LogP contribution in [0.5, 0.6) is 0 Å². The molecule has 0 spiro atoms. The second kappa shape index (κ2) is 25.9. The van der Waals surface area contributed by atoms with Gasteiger partial charge in [0.15, 0.2) is 0 Å². The lowest BCUT2D eigenvalue weighted by Crippen LogP contribution is -1.91. The molecule has 0 aliphatic carbocycles. The van der Waals surface area contributed by atoms with E-state index in [4.69, 9.17) is 21.0 Å². The van der Waals surface area contributed by atoms with Gasteiger partial charge in [-0.1, -0.05) is 34.0 Å². The van der Waals surface area contributed by atoms with Gasteiger partial charge in [0.05, 0.1) is 19.6 Å². The average Bonchev–Trinajstić information content (AvgIpc) is 2.58. The smallest absolute Gasteiger partial charge is 0.124 e. The van der Waals surface area contributed by atoms with Crippen molar-refractivity contribution in [1.82, 2.24) is 0 Å². The molecule has 0 amide bonds. The molecule has 134 valence electrons. The van der Waals surface area contributed by atoms with Gasteiger partial charge in [-0.2, -0.15) is 0 Å². The predicted molar refractivity (Wildman–Crippen MR) is 96.3 cm³/mol. The van der Waals surface area contributed by atoms with Crippen LogP contribution in [0.1, 0.15) is 26.7 Å². The summed E-state index contributed by atoms with van der Waals surface area (Å²) in [6.45, 7) is 6.52. The summed E-state index contributed by atoms with van der Waals surface area (Å²) in [7, 11) is 1.00. The van der Waals surface area contributed by atoms with Crippen molar-refractivity contribution < 1.29 is 23.8 Å². The fourth-order valence-electron chi connectivity index (χ4n) is 1.14. The first kappa shape index (κ1) is 26.9. The number of aldehydes is 1. The third-order valence-electron chi connectivity index (χ3n) is 2.07. The number of aliphatic hydroxyl groups excluding tert-OH is 1. The number of hydrogen-bond acceptors (Lipinski definition) is 4. The Labute approximate surface area is 147 Å². The number of hydrogen-bond donors (Lipinski definition) is 1. The Morgan fingerprint density at radius 2 is 1.91 bits per heavy atom. The molecule has 0 bridgehead atoms. The molecular formula is C17H28BrFO4. The van der Waals surface area contributed by atoms with E-state index in [9.17, 15) is 9.18 Å². The molecule has 0 aliphatic rings. The third-order valence-corrected chi connectivity index (χ3v) is 2.40. The minimum atomic E-state index is -0.433. The van der Waals surface area contributed by atoms with Crippen LogP contribution in [0, 0.1) is 12.3 Å². The lowest BCUT2D eigenvalue weighted by atomic mass is 10.1. The molecule has 0 radical (unpaired) electrons. The summed E-state index contributed by atoms with van der Waals surface area (Å²) < 4.78 is 23.2. The summed E-state index contributed by atoms with van der Waals surface area (Å²) in [5, 5.41) is 7.95. The van der Waals surface area contributed by atoms with E-state index in [1.54, 1.807) is 6.08 Å². The Hall–Kier alpha value is -1.00. The molecule has 0 aromatic rings. The van der Waals surface area contributed by atoms with Crippen LogP contribution in [0.4, 0.5) is 4.39 Å². The second-order valence-corrected chi connectivity index (χ2v) is 4.42. The first-order valence-electron chi connectivity index (χ1n) is 7.25. The molecule has 0 saturated carbocycles. The zero-order valence-corrected chi connectivity index (χ0v) is 15.8. The Balaban J connectivity index is -0.000000418. The first-order valence-corrected chi connectivity index (χ1v) is 8.37. The summed E-state index contributed by atoms with van der Waals surface area (Å²) in [6, 6.07) is 0. The van der Waals surface area contributed by atoms with E-state index in [1.165, 1.54) is 6.08 Å². The van der Waals surface area contributed by atoms with Crippen molar-refractivity contribution in [3.63, 3.8) is 0 Å². The molecule has 23 heavy (non-hydrogen) atoms.